The Morgan fingerprint density at radius 1 is 0.424 bits per heavy atom. The van der Waals surface area contributed by atoms with Gasteiger partial charge in [-0.3, -0.25) is 0 Å². The van der Waals surface area contributed by atoms with E-state index in [0.717, 1.165) is 61.4 Å². The molecule has 0 bridgehead atoms. The van der Waals surface area contributed by atoms with Gasteiger partial charge >= 0.3 is 0 Å². The lowest BCUT2D eigenvalue weighted by Crippen LogP contribution is -2.11. The van der Waals surface area contributed by atoms with Gasteiger partial charge in [-0.15, -0.1) is 11.3 Å². The van der Waals surface area contributed by atoms with Crippen molar-refractivity contribution >= 4 is 81.3 Å². The number of hydrogen-bond donors (Lipinski definition) is 4. The van der Waals surface area contributed by atoms with E-state index in [9.17, 15) is 20.4 Å². The number of benzene rings is 8. The number of aromatic hydroxyl groups is 4. The van der Waals surface area contributed by atoms with E-state index >= 15 is 0 Å². The first-order valence-corrected chi connectivity index (χ1v) is 20.2. The second-order valence-electron chi connectivity index (χ2n) is 15.1. The molecular weight excluding hydrogens is 751 g/mol. The lowest BCUT2D eigenvalue weighted by Gasteiger charge is -2.28. The lowest BCUT2D eigenvalue weighted by atomic mass is 9.98. The molecular formula is C51H33N3O4S. The third-order valence-electron chi connectivity index (χ3n) is 12.1. The second kappa shape index (κ2) is 12.2. The molecule has 59 heavy (non-hydrogen) atoms. The van der Waals surface area contributed by atoms with Gasteiger partial charge in [0.05, 0.1) is 39.3 Å². The van der Waals surface area contributed by atoms with Crippen LogP contribution in [-0.4, -0.2) is 29.6 Å². The maximum atomic E-state index is 11.6. The van der Waals surface area contributed by atoms with Crippen molar-refractivity contribution in [1.82, 2.24) is 9.13 Å². The summed E-state index contributed by atoms with van der Waals surface area (Å²) in [6, 6.07) is 55.2. The third kappa shape index (κ3) is 4.51. The quantitative estimate of drug-likeness (QED) is 0.106. The summed E-state index contributed by atoms with van der Waals surface area (Å²) in [5.74, 6) is -2.57. The number of hydrogen-bond acceptors (Lipinski definition) is 6. The molecule has 1 aliphatic heterocycles. The fourth-order valence-corrected chi connectivity index (χ4v) is 10.5. The minimum absolute atomic E-state index is 0.182. The smallest absolute Gasteiger partial charge is 0.206 e. The highest BCUT2D eigenvalue weighted by molar-refractivity contribution is 7.25. The number of phenols is 4. The molecule has 8 aromatic carbocycles. The Bertz CT molecular complexity index is 3510. The van der Waals surface area contributed by atoms with Crippen LogP contribution in [0.2, 0.25) is 0 Å². The number of para-hydroxylation sites is 5. The first-order valence-electron chi connectivity index (χ1n) is 19.4. The standard InChI is InChI=1S/C51H33N3O4S/c1-28-46(49(56)51(58)50(57)48(28)55)54-41-20-10-5-15-34(41)45-33-14-4-9-19-40(33)53(42-21-11-6-16-35(42)47(45)54)30-23-25-44-37(27-30)36-26-29(22-24-43(36)59-44)52-38-17-7-2-12-31(38)32-13-3-8-18-39(32)52/h2-27,55-58H,1H3. The van der Waals surface area contributed by atoms with Crippen LogP contribution in [0.4, 0.5) is 17.1 Å². The summed E-state index contributed by atoms with van der Waals surface area (Å²) in [7, 11) is 0. The Balaban J connectivity index is 1.12. The van der Waals surface area contributed by atoms with Crippen LogP contribution in [0, 0.1) is 6.92 Å². The van der Waals surface area contributed by atoms with Crippen LogP contribution in [-0.2, 0) is 0 Å². The van der Waals surface area contributed by atoms with Gasteiger partial charge in [0, 0.05) is 70.0 Å². The molecule has 4 N–H and O–H groups in total. The summed E-state index contributed by atoms with van der Waals surface area (Å²) >= 11 is 1.79. The van der Waals surface area contributed by atoms with Gasteiger partial charge < -0.3 is 34.5 Å². The molecule has 0 fully saturated rings. The van der Waals surface area contributed by atoms with Gasteiger partial charge in [-0.05, 0) is 73.7 Å². The molecule has 7 nitrogen and oxygen atoms in total. The van der Waals surface area contributed by atoms with Gasteiger partial charge in [-0.1, -0.05) is 91.0 Å². The SMILES string of the molecule is Cc1c(O)c(O)c(O)c(O)c1-n1c2c(c3ccccc31)-c1ccccc1N(c1ccc3sc4ccc(-n5c6ccccc6c6ccccc65)cc4c3c1)c1ccccc1-2. The molecule has 0 unspecified atom stereocenters. The molecule has 0 spiro atoms. The fourth-order valence-electron chi connectivity index (χ4n) is 9.47. The minimum atomic E-state index is -0.781. The van der Waals surface area contributed by atoms with Crippen molar-refractivity contribution in [2.45, 2.75) is 6.92 Å². The lowest BCUT2D eigenvalue weighted by molar-refractivity contribution is 0.343. The second-order valence-corrected chi connectivity index (χ2v) is 16.2. The normalized spacial score (nSPS) is 12.4. The molecule has 8 heteroatoms. The van der Waals surface area contributed by atoms with Crippen molar-refractivity contribution in [1.29, 1.82) is 0 Å². The summed E-state index contributed by atoms with van der Waals surface area (Å²) in [6.45, 7) is 1.63. The first-order chi connectivity index (χ1) is 28.9. The van der Waals surface area contributed by atoms with Gasteiger partial charge in [0.25, 0.3) is 0 Å². The fraction of sp³-hybridized carbons (Fsp3) is 0.0196. The van der Waals surface area contributed by atoms with Crippen molar-refractivity contribution in [3.63, 3.8) is 0 Å². The Morgan fingerprint density at radius 3 is 1.58 bits per heavy atom. The Kier molecular flexibility index (Phi) is 6.90. The zero-order valence-corrected chi connectivity index (χ0v) is 32.4. The molecule has 0 aliphatic carbocycles. The molecule has 0 saturated heterocycles. The van der Waals surface area contributed by atoms with Crippen LogP contribution in [0.3, 0.4) is 0 Å². The highest BCUT2D eigenvalue weighted by atomic mass is 32.1. The number of thiophene rings is 1. The first kappa shape index (κ1) is 33.5. The van der Waals surface area contributed by atoms with Gasteiger partial charge in [0.1, 0.15) is 0 Å². The molecule has 282 valence electrons. The van der Waals surface area contributed by atoms with E-state index in [0.29, 0.717) is 0 Å². The van der Waals surface area contributed by atoms with E-state index in [1.54, 1.807) is 18.3 Å². The van der Waals surface area contributed by atoms with Crippen molar-refractivity contribution < 1.29 is 20.4 Å². The van der Waals surface area contributed by atoms with Crippen molar-refractivity contribution in [2.24, 2.45) is 0 Å². The Hall–Kier alpha value is -7.68. The molecule has 0 amide bonds. The highest BCUT2D eigenvalue weighted by Gasteiger charge is 2.34. The summed E-state index contributed by atoms with van der Waals surface area (Å²) < 4.78 is 6.67. The number of nitrogens with zero attached hydrogens (tertiary/aromatic N) is 3. The molecule has 11 aromatic rings. The maximum absolute atomic E-state index is 11.6. The van der Waals surface area contributed by atoms with Crippen molar-refractivity contribution in [2.75, 3.05) is 4.90 Å². The van der Waals surface area contributed by atoms with E-state index < -0.39 is 23.0 Å². The average molecular weight is 784 g/mol. The van der Waals surface area contributed by atoms with Gasteiger partial charge in [-0.25, -0.2) is 0 Å². The van der Waals surface area contributed by atoms with Gasteiger partial charge in [-0.2, -0.15) is 0 Å². The molecule has 0 saturated carbocycles. The zero-order valence-electron chi connectivity index (χ0n) is 31.5. The highest BCUT2D eigenvalue weighted by Crippen LogP contribution is 2.57. The topological polar surface area (TPSA) is 94.0 Å². The maximum Gasteiger partial charge on any atom is 0.206 e. The largest absolute Gasteiger partial charge is 0.504 e. The van der Waals surface area contributed by atoms with Crippen LogP contribution < -0.4 is 4.90 Å². The Morgan fingerprint density at radius 2 is 0.915 bits per heavy atom. The van der Waals surface area contributed by atoms with E-state index in [4.69, 9.17) is 0 Å². The minimum Gasteiger partial charge on any atom is -0.504 e. The van der Waals surface area contributed by atoms with Crippen LogP contribution in [0.15, 0.2) is 158 Å². The molecule has 1 aliphatic rings. The van der Waals surface area contributed by atoms with Crippen LogP contribution in [0.5, 0.6) is 23.0 Å². The molecule has 4 heterocycles. The summed E-state index contributed by atoms with van der Waals surface area (Å²) in [6.07, 6.45) is 0. The van der Waals surface area contributed by atoms with Gasteiger partial charge in [0.15, 0.2) is 11.5 Å². The van der Waals surface area contributed by atoms with Crippen molar-refractivity contribution in [3.05, 3.63) is 163 Å². The monoisotopic (exact) mass is 783 g/mol. The van der Waals surface area contributed by atoms with Crippen LogP contribution in [0.25, 0.3) is 86.6 Å². The zero-order chi connectivity index (χ0) is 39.7. The number of fused-ring (bicyclic) bond motifs is 13. The molecule has 0 atom stereocenters. The van der Waals surface area contributed by atoms with Gasteiger partial charge in [0.2, 0.25) is 11.5 Å². The molecule has 3 aromatic heterocycles. The number of phenolic OH excluding ortho intramolecular Hbond substituents is 4. The van der Waals surface area contributed by atoms with E-state index in [1.165, 1.54) is 36.6 Å². The predicted octanol–water partition coefficient (Wildman–Crippen LogP) is 13.3. The third-order valence-corrected chi connectivity index (χ3v) is 13.2. The average Bonchev–Trinajstić information content (AvgIpc) is 3.90. The number of aromatic nitrogens is 2. The van der Waals surface area contributed by atoms with E-state index in [1.807, 2.05) is 41.0 Å². The number of rotatable bonds is 3. The summed E-state index contributed by atoms with van der Waals surface area (Å²) in [5, 5.41) is 49.7. The van der Waals surface area contributed by atoms with Crippen LogP contribution in [0.1, 0.15) is 5.56 Å². The van der Waals surface area contributed by atoms with Crippen LogP contribution >= 0.6 is 11.3 Å². The molecule has 0 radical (unpaired) electrons. The van der Waals surface area contributed by atoms with Crippen molar-refractivity contribution in [3.8, 4) is 56.8 Å². The van der Waals surface area contributed by atoms with E-state index in [-0.39, 0.29) is 11.3 Å². The van der Waals surface area contributed by atoms with E-state index in [2.05, 4.69) is 131 Å². The predicted molar refractivity (Wildman–Crippen MR) is 241 cm³/mol. The summed E-state index contributed by atoms with van der Waals surface area (Å²) in [5.41, 5.74) is 11.1. The molecule has 12 rings (SSSR count). The Labute approximate surface area is 341 Å². The number of anilines is 3. The summed E-state index contributed by atoms with van der Waals surface area (Å²) in [4.78, 5) is 2.31.